The predicted molar refractivity (Wildman–Crippen MR) is 95.4 cm³/mol. The Morgan fingerprint density at radius 1 is 1.08 bits per heavy atom. The van der Waals surface area contributed by atoms with Gasteiger partial charge in [0.15, 0.2) is 17.9 Å². The second kappa shape index (κ2) is 6.80. The van der Waals surface area contributed by atoms with Gasteiger partial charge in [0.05, 0.1) is 6.54 Å². The summed E-state index contributed by atoms with van der Waals surface area (Å²) in [5.74, 6) is -0.915. The zero-order valence-corrected chi connectivity index (χ0v) is 14.9. The highest BCUT2D eigenvalue weighted by Gasteiger charge is 2.31. The fourth-order valence-corrected chi connectivity index (χ4v) is 3.83. The quantitative estimate of drug-likeness (QED) is 0.490. The molecule has 0 radical (unpaired) electrons. The van der Waals surface area contributed by atoms with Gasteiger partial charge >= 0.3 is 0 Å². The molecule has 2 aromatic carbocycles. The maximum atomic E-state index is 14.5. The normalized spacial score (nSPS) is 14.3. The number of carbonyl (C=O) groups is 1. The van der Waals surface area contributed by atoms with Crippen LogP contribution in [0.3, 0.4) is 0 Å². The molecule has 0 bridgehead atoms. The Labute approximate surface area is 154 Å². The van der Waals surface area contributed by atoms with Crippen LogP contribution in [0.1, 0.15) is 35.4 Å². The van der Waals surface area contributed by atoms with E-state index in [9.17, 15) is 13.6 Å². The topological polar surface area (TPSA) is 25.9 Å². The number of Topliss-reactive ketones (excluding diaryl/α,β-unsaturated/α-hetero) is 1. The van der Waals surface area contributed by atoms with Crippen LogP contribution in [-0.2, 0) is 19.5 Å². The molecule has 0 fully saturated rings. The number of rotatable bonds is 3. The summed E-state index contributed by atoms with van der Waals surface area (Å²) in [5, 5.41) is 0.565. The summed E-state index contributed by atoms with van der Waals surface area (Å²) < 4.78 is 32.0. The monoisotopic (exact) mass is 375 g/mol. The Morgan fingerprint density at radius 2 is 1.85 bits per heavy atom. The minimum absolute atomic E-state index is 0.0871. The first kappa shape index (κ1) is 17.2. The average molecular weight is 376 g/mol. The molecule has 3 aromatic rings. The number of carbonyl (C=O) groups excluding carboxylic acids is 1. The van der Waals surface area contributed by atoms with Crippen molar-refractivity contribution in [1.29, 1.82) is 0 Å². The maximum absolute atomic E-state index is 14.5. The van der Waals surface area contributed by atoms with E-state index >= 15 is 0 Å². The van der Waals surface area contributed by atoms with Gasteiger partial charge in [-0.25, -0.2) is 13.5 Å². The van der Waals surface area contributed by atoms with Gasteiger partial charge in [-0.3, -0.25) is 4.79 Å². The number of benzene rings is 2. The number of halogens is 3. The SMILES string of the molecule is O=C(Cn1c2[n+](c3c(F)c(F)ccc31)CCCCC2)c1ccc(Cl)cc1. The summed E-state index contributed by atoms with van der Waals surface area (Å²) in [6.45, 7) is 0.722. The van der Waals surface area contributed by atoms with Crippen molar-refractivity contribution < 1.29 is 18.1 Å². The molecule has 0 amide bonds. The highest BCUT2D eigenvalue weighted by atomic mass is 35.5. The van der Waals surface area contributed by atoms with E-state index in [0.29, 0.717) is 22.6 Å². The van der Waals surface area contributed by atoms with Gasteiger partial charge in [-0.05, 0) is 55.7 Å². The molecule has 134 valence electrons. The van der Waals surface area contributed by atoms with Gasteiger partial charge in [0.2, 0.25) is 17.1 Å². The number of fused-ring (bicyclic) bond motifs is 3. The standard InChI is InChI=1S/C20H18ClF2N2O/c21-14-7-5-13(6-8-14)17(26)12-25-16-10-9-15(22)19(23)20(16)24-11-3-1-2-4-18(24)25/h5-10H,1-4,11-12H2/q+1. The highest BCUT2D eigenvalue weighted by molar-refractivity contribution is 6.30. The summed E-state index contributed by atoms with van der Waals surface area (Å²) >= 11 is 5.89. The third kappa shape index (κ3) is 2.90. The van der Waals surface area contributed by atoms with E-state index in [2.05, 4.69) is 0 Å². The lowest BCUT2D eigenvalue weighted by molar-refractivity contribution is -0.679. The molecule has 6 heteroatoms. The molecule has 0 saturated carbocycles. The lowest BCUT2D eigenvalue weighted by atomic mass is 10.1. The molecular weight excluding hydrogens is 358 g/mol. The third-order valence-electron chi connectivity index (χ3n) is 4.98. The Bertz CT molecular complexity index is 995. The maximum Gasteiger partial charge on any atom is 0.257 e. The first-order valence-corrected chi connectivity index (χ1v) is 9.12. The molecule has 0 atom stereocenters. The second-order valence-electron chi connectivity index (χ2n) is 6.62. The summed E-state index contributed by atoms with van der Waals surface area (Å²) in [5.41, 5.74) is 1.36. The highest BCUT2D eigenvalue weighted by Crippen LogP contribution is 2.24. The smallest absolute Gasteiger partial charge is 0.257 e. The summed E-state index contributed by atoms with van der Waals surface area (Å²) in [4.78, 5) is 12.7. The molecule has 0 unspecified atom stereocenters. The van der Waals surface area contributed by atoms with Gasteiger partial charge < -0.3 is 0 Å². The zero-order chi connectivity index (χ0) is 18.3. The van der Waals surface area contributed by atoms with Crippen LogP contribution in [0.25, 0.3) is 11.0 Å². The van der Waals surface area contributed by atoms with Crippen LogP contribution >= 0.6 is 11.6 Å². The van der Waals surface area contributed by atoms with Gasteiger partial charge in [-0.2, -0.15) is 4.39 Å². The van der Waals surface area contributed by atoms with Crippen molar-refractivity contribution in [1.82, 2.24) is 4.57 Å². The van der Waals surface area contributed by atoms with E-state index in [1.807, 2.05) is 9.13 Å². The van der Waals surface area contributed by atoms with Crippen LogP contribution in [0.2, 0.25) is 5.02 Å². The van der Waals surface area contributed by atoms with Crippen molar-refractivity contribution in [3.8, 4) is 0 Å². The third-order valence-corrected chi connectivity index (χ3v) is 5.23. The number of aryl methyl sites for hydroxylation is 1. The van der Waals surface area contributed by atoms with E-state index in [0.717, 1.165) is 37.6 Å². The van der Waals surface area contributed by atoms with Crippen LogP contribution in [0.15, 0.2) is 36.4 Å². The van der Waals surface area contributed by atoms with Gasteiger partial charge in [-0.1, -0.05) is 11.6 Å². The molecule has 2 heterocycles. The number of nitrogens with zero attached hydrogens (tertiary/aromatic N) is 2. The number of aromatic nitrogens is 2. The van der Waals surface area contributed by atoms with Crippen molar-refractivity contribution in [3.05, 3.63) is 64.4 Å². The number of hydrogen-bond donors (Lipinski definition) is 0. The average Bonchev–Trinajstić information content (AvgIpc) is 2.78. The fraction of sp³-hybridized carbons (Fsp3) is 0.300. The lowest BCUT2D eigenvalue weighted by Gasteiger charge is -2.03. The Hall–Kier alpha value is -2.27. The van der Waals surface area contributed by atoms with Crippen molar-refractivity contribution in [2.24, 2.45) is 0 Å². The predicted octanol–water partition coefficient (Wildman–Crippen LogP) is 4.47. The first-order valence-electron chi connectivity index (χ1n) is 8.74. The number of imidazole rings is 1. The molecule has 26 heavy (non-hydrogen) atoms. The summed E-state index contributed by atoms with van der Waals surface area (Å²) in [7, 11) is 0. The van der Waals surface area contributed by atoms with E-state index in [-0.39, 0.29) is 17.8 Å². The van der Waals surface area contributed by atoms with Gasteiger partial charge in [0.25, 0.3) is 5.82 Å². The molecule has 1 aliphatic heterocycles. The fourth-order valence-electron chi connectivity index (χ4n) is 3.71. The van der Waals surface area contributed by atoms with Gasteiger partial charge in [-0.15, -0.1) is 0 Å². The van der Waals surface area contributed by atoms with Crippen LogP contribution in [0.5, 0.6) is 0 Å². The minimum atomic E-state index is -0.863. The van der Waals surface area contributed by atoms with Crippen molar-refractivity contribution in [2.75, 3.05) is 0 Å². The van der Waals surface area contributed by atoms with Crippen molar-refractivity contribution in [3.63, 3.8) is 0 Å². The van der Waals surface area contributed by atoms with Crippen LogP contribution in [0.4, 0.5) is 8.78 Å². The minimum Gasteiger partial charge on any atom is -0.290 e. The van der Waals surface area contributed by atoms with Crippen molar-refractivity contribution >= 4 is 28.4 Å². The molecule has 1 aromatic heterocycles. The zero-order valence-electron chi connectivity index (χ0n) is 14.1. The van der Waals surface area contributed by atoms with E-state index in [4.69, 9.17) is 11.6 Å². The van der Waals surface area contributed by atoms with Crippen LogP contribution in [0, 0.1) is 11.6 Å². The molecule has 0 N–H and O–H groups in total. The van der Waals surface area contributed by atoms with E-state index < -0.39 is 11.6 Å². The number of hydrogen-bond acceptors (Lipinski definition) is 1. The summed E-state index contributed by atoms with van der Waals surface area (Å²) in [6, 6.07) is 9.40. The van der Waals surface area contributed by atoms with Crippen molar-refractivity contribution in [2.45, 2.75) is 38.8 Å². The molecule has 3 nitrogen and oxygen atoms in total. The first-order chi connectivity index (χ1) is 12.6. The lowest BCUT2D eigenvalue weighted by Crippen LogP contribution is -2.38. The summed E-state index contributed by atoms with van der Waals surface area (Å²) in [6.07, 6.45) is 3.66. The molecule has 1 aliphatic rings. The van der Waals surface area contributed by atoms with E-state index in [1.165, 1.54) is 0 Å². The molecule has 0 saturated heterocycles. The van der Waals surface area contributed by atoms with Gasteiger partial charge in [0, 0.05) is 17.0 Å². The Balaban J connectivity index is 1.84. The van der Waals surface area contributed by atoms with Crippen LogP contribution < -0.4 is 4.57 Å². The molecular formula is C20H18ClF2N2O+. The van der Waals surface area contributed by atoms with Crippen LogP contribution in [-0.4, -0.2) is 10.4 Å². The molecule has 0 spiro atoms. The molecule has 4 rings (SSSR count). The van der Waals surface area contributed by atoms with Gasteiger partial charge in [0.1, 0.15) is 0 Å². The largest absolute Gasteiger partial charge is 0.290 e. The molecule has 0 aliphatic carbocycles. The second-order valence-corrected chi connectivity index (χ2v) is 7.06. The van der Waals surface area contributed by atoms with E-state index in [1.54, 1.807) is 30.3 Å². The number of ketones is 1. The Kier molecular flexibility index (Phi) is 4.49. The Morgan fingerprint density at radius 3 is 2.62 bits per heavy atom.